The first-order chi connectivity index (χ1) is 11.2. The van der Waals surface area contributed by atoms with Crippen molar-refractivity contribution in [1.82, 2.24) is 19.5 Å². The zero-order valence-electron chi connectivity index (χ0n) is 12.8. The third-order valence-corrected chi connectivity index (χ3v) is 3.86. The minimum Gasteiger partial charge on any atom is -0.273 e. The molecule has 0 aliphatic rings. The van der Waals surface area contributed by atoms with Gasteiger partial charge in [-0.3, -0.25) is 4.57 Å². The Bertz CT molecular complexity index is 903. The van der Waals surface area contributed by atoms with E-state index in [2.05, 4.69) is 30.9 Å². The summed E-state index contributed by atoms with van der Waals surface area (Å²) < 4.78 is 41.0. The maximum Gasteiger partial charge on any atom is 0.416 e. The fourth-order valence-corrected chi connectivity index (χ4v) is 2.68. The van der Waals surface area contributed by atoms with Gasteiger partial charge in [0.05, 0.1) is 11.3 Å². The second kappa shape index (κ2) is 6.01. The van der Waals surface area contributed by atoms with Gasteiger partial charge < -0.3 is 0 Å². The number of aromatic nitrogens is 4. The highest BCUT2D eigenvalue weighted by atomic mass is 79.9. The third-order valence-electron chi connectivity index (χ3n) is 3.45. The molecule has 0 fully saturated rings. The second-order valence-corrected chi connectivity index (χ2v) is 6.14. The smallest absolute Gasteiger partial charge is 0.273 e. The molecule has 3 rings (SSSR count). The zero-order valence-corrected chi connectivity index (χ0v) is 14.4. The van der Waals surface area contributed by atoms with E-state index in [9.17, 15) is 13.2 Å². The minimum atomic E-state index is -4.36. The number of hydrogen-bond donors (Lipinski definition) is 0. The predicted molar refractivity (Wildman–Crippen MR) is 86.8 cm³/mol. The number of hydrogen-bond acceptors (Lipinski definition) is 3. The van der Waals surface area contributed by atoms with Gasteiger partial charge in [-0.25, -0.2) is 15.0 Å². The fourth-order valence-electron chi connectivity index (χ4n) is 2.37. The molecule has 124 valence electrons. The highest BCUT2D eigenvalue weighted by Gasteiger charge is 2.32. The maximum atomic E-state index is 12.9. The van der Waals surface area contributed by atoms with E-state index in [0.29, 0.717) is 27.5 Å². The fraction of sp³-hybridized carbons (Fsp3) is 0.188. The van der Waals surface area contributed by atoms with Crippen LogP contribution in [-0.2, 0) is 6.18 Å². The SMILES string of the molecule is Cc1cc(-c2ccc(C(F)(F)F)c(C)c2)nc(-n2cnc(Br)c2)n1. The summed E-state index contributed by atoms with van der Waals surface area (Å²) in [7, 11) is 0. The largest absolute Gasteiger partial charge is 0.416 e. The summed E-state index contributed by atoms with van der Waals surface area (Å²) >= 11 is 3.25. The van der Waals surface area contributed by atoms with Crippen molar-refractivity contribution in [2.24, 2.45) is 0 Å². The van der Waals surface area contributed by atoms with E-state index in [1.165, 1.54) is 19.1 Å². The molecule has 0 atom stereocenters. The van der Waals surface area contributed by atoms with Crippen molar-refractivity contribution < 1.29 is 13.2 Å². The molecule has 0 radical (unpaired) electrons. The third kappa shape index (κ3) is 3.33. The summed E-state index contributed by atoms with van der Waals surface area (Å²) in [6, 6.07) is 5.72. The van der Waals surface area contributed by atoms with Crippen LogP contribution in [0.3, 0.4) is 0 Å². The predicted octanol–water partition coefficient (Wildman–Crippen LogP) is 4.73. The molecule has 2 heterocycles. The number of imidazole rings is 1. The van der Waals surface area contributed by atoms with Gasteiger partial charge in [-0.1, -0.05) is 6.07 Å². The number of nitrogens with zero attached hydrogens (tertiary/aromatic N) is 4. The summed E-state index contributed by atoms with van der Waals surface area (Å²) in [5, 5.41) is 0. The lowest BCUT2D eigenvalue weighted by atomic mass is 10.0. The summed E-state index contributed by atoms with van der Waals surface area (Å²) in [6.07, 6.45) is -1.10. The Hall–Kier alpha value is -2.22. The normalized spacial score (nSPS) is 11.8. The van der Waals surface area contributed by atoms with Crippen LogP contribution in [0.1, 0.15) is 16.8 Å². The van der Waals surface area contributed by atoms with E-state index < -0.39 is 11.7 Å². The van der Waals surface area contributed by atoms with E-state index in [1.807, 2.05) is 0 Å². The number of halogens is 4. The van der Waals surface area contributed by atoms with Crippen molar-refractivity contribution in [2.75, 3.05) is 0 Å². The Labute approximate surface area is 144 Å². The monoisotopic (exact) mass is 396 g/mol. The Morgan fingerprint density at radius 1 is 1.08 bits per heavy atom. The lowest BCUT2D eigenvalue weighted by molar-refractivity contribution is -0.138. The maximum absolute atomic E-state index is 12.9. The molecule has 8 heteroatoms. The summed E-state index contributed by atoms with van der Waals surface area (Å²) in [5.41, 5.74) is 1.38. The van der Waals surface area contributed by atoms with Crippen molar-refractivity contribution in [3.05, 3.63) is 58.2 Å². The topological polar surface area (TPSA) is 43.6 Å². The summed E-state index contributed by atoms with van der Waals surface area (Å²) in [4.78, 5) is 12.8. The molecule has 0 aliphatic carbocycles. The van der Waals surface area contributed by atoms with Gasteiger partial charge in [0.25, 0.3) is 0 Å². The van der Waals surface area contributed by atoms with Crippen LogP contribution in [0.5, 0.6) is 0 Å². The van der Waals surface area contributed by atoms with Crippen molar-refractivity contribution in [3.8, 4) is 17.2 Å². The van der Waals surface area contributed by atoms with Gasteiger partial charge in [0.2, 0.25) is 5.95 Å². The quantitative estimate of drug-likeness (QED) is 0.628. The lowest BCUT2D eigenvalue weighted by Gasteiger charge is -2.12. The molecule has 0 saturated heterocycles. The van der Waals surface area contributed by atoms with Crippen LogP contribution in [-0.4, -0.2) is 19.5 Å². The highest BCUT2D eigenvalue weighted by Crippen LogP contribution is 2.33. The van der Waals surface area contributed by atoms with Gasteiger partial charge in [0.1, 0.15) is 10.9 Å². The highest BCUT2D eigenvalue weighted by molar-refractivity contribution is 9.10. The molecule has 1 aromatic carbocycles. The Morgan fingerprint density at radius 2 is 1.83 bits per heavy atom. The molecule has 0 unspecified atom stereocenters. The average molecular weight is 397 g/mol. The van der Waals surface area contributed by atoms with Gasteiger partial charge in [0, 0.05) is 17.5 Å². The number of aryl methyl sites for hydroxylation is 2. The van der Waals surface area contributed by atoms with E-state index in [1.54, 1.807) is 30.1 Å². The van der Waals surface area contributed by atoms with Crippen LogP contribution in [0.25, 0.3) is 17.2 Å². The number of alkyl halides is 3. The first-order valence-corrected chi connectivity index (χ1v) is 7.77. The second-order valence-electron chi connectivity index (χ2n) is 5.33. The van der Waals surface area contributed by atoms with Gasteiger partial charge >= 0.3 is 6.18 Å². The van der Waals surface area contributed by atoms with Crippen molar-refractivity contribution in [2.45, 2.75) is 20.0 Å². The van der Waals surface area contributed by atoms with Crippen molar-refractivity contribution >= 4 is 15.9 Å². The molecule has 4 nitrogen and oxygen atoms in total. The summed E-state index contributed by atoms with van der Waals surface area (Å²) in [5.74, 6) is 0.403. The van der Waals surface area contributed by atoms with Crippen LogP contribution < -0.4 is 0 Å². The van der Waals surface area contributed by atoms with Crippen LogP contribution in [0.2, 0.25) is 0 Å². The minimum absolute atomic E-state index is 0.156. The van der Waals surface area contributed by atoms with Crippen molar-refractivity contribution in [1.29, 1.82) is 0 Å². The molecular formula is C16H12BrF3N4. The van der Waals surface area contributed by atoms with Crippen LogP contribution >= 0.6 is 15.9 Å². The molecule has 3 aromatic rings. The van der Waals surface area contributed by atoms with Gasteiger partial charge in [-0.2, -0.15) is 13.2 Å². The Kier molecular flexibility index (Phi) is 4.16. The molecular weight excluding hydrogens is 385 g/mol. The first-order valence-electron chi connectivity index (χ1n) is 6.98. The molecule has 0 saturated carbocycles. The van der Waals surface area contributed by atoms with Gasteiger partial charge in [-0.05, 0) is 53.5 Å². The van der Waals surface area contributed by atoms with Crippen LogP contribution in [0, 0.1) is 13.8 Å². The average Bonchev–Trinajstić information content (AvgIpc) is 2.92. The molecule has 24 heavy (non-hydrogen) atoms. The Balaban J connectivity index is 2.07. The van der Waals surface area contributed by atoms with E-state index in [-0.39, 0.29) is 5.56 Å². The molecule has 0 aliphatic heterocycles. The summed E-state index contributed by atoms with van der Waals surface area (Å²) in [6.45, 7) is 3.24. The molecule has 0 spiro atoms. The van der Waals surface area contributed by atoms with Gasteiger partial charge in [0.15, 0.2) is 0 Å². The number of rotatable bonds is 2. The molecule has 0 amide bonds. The van der Waals surface area contributed by atoms with Crippen LogP contribution in [0.4, 0.5) is 13.2 Å². The number of benzene rings is 1. The Morgan fingerprint density at radius 3 is 2.42 bits per heavy atom. The van der Waals surface area contributed by atoms with E-state index >= 15 is 0 Å². The van der Waals surface area contributed by atoms with E-state index in [0.717, 1.165) is 6.07 Å². The van der Waals surface area contributed by atoms with Crippen molar-refractivity contribution in [3.63, 3.8) is 0 Å². The standard InChI is InChI=1S/C16H12BrF3N4/c1-9-5-11(3-4-12(9)16(18,19)20)13-6-10(2)22-15(23-13)24-7-14(17)21-8-24/h3-8H,1-2H3. The zero-order chi connectivity index (χ0) is 17.5. The van der Waals surface area contributed by atoms with Gasteiger partial charge in [-0.15, -0.1) is 0 Å². The molecule has 0 N–H and O–H groups in total. The molecule has 0 bridgehead atoms. The van der Waals surface area contributed by atoms with E-state index in [4.69, 9.17) is 0 Å². The molecule has 2 aromatic heterocycles. The van der Waals surface area contributed by atoms with Crippen LogP contribution in [0.15, 0.2) is 41.4 Å². The lowest BCUT2D eigenvalue weighted by Crippen LogP contribution is -2.07. The first kappa shape index (κ1) is 16.6.